The summed E-state index contributed by atoms with van der Waals surface area (Å²) in [5.41, 5.74) is 0.965. The Labute approximate surface area is 167 Å². The zero-order valence-corrected chi connectivity index (χ0v) is 15.8. The van der Waals surface area contributed by atoms with Crippen molar-refractivity contribution in [2.75, 3.05) is 18.4 Å². The molecule has 5 rings (SSSR count). The van der Waals surface area contributed by atoms with Crippen LogP contribution in [0.1, 0.15) is 18.4 Å². The number of ether oxygens (including phenoxy) is 2. The van der Waals surface area contributed by atoms with Crippen LogP contribution in [-0.2, 0) is 6.42 Å². The van der Waals surface area contributed by atoms with Gasteiger partial charge in [0, 0.05) is 17.1 Å². The number of piperidine rings is 1. The largest absolute Gasteiger partial charge is 0.490 e. The van der Waals surface area contributed by atoms with Crippen LogP contribution in [-0.4, -0.2) is 30.3 Å². The molecular formula is C22H21F2N3O2. The third-order valence-corrected chi connectivity index (χ3v) is 5.29. The Hall–Kier alpha value is -2.93. The van der Waals surface area contributed by atoms with Gasteiger partial charge in [0.2, 0.25) is 0 Å². The second-order valence-electron chi connectivity index (χ2n) is 7.48. The van der Waals surface area contributed by atoms with E-state index in [1.54, 1.807) is 24.4 Å². The van der Waals surface area contributed by atoms with Crippen molar-refractivity contribution in [2.45, 2.75) is 31.5 Å². The second kappa shape index (κ2) is 7.15. The zero-order valence-electron chi connectivity index (χ0n) is 15.8. The third-order valence-electron chi connectivity index (χ3n) is 5.29. The van der Waals surface area contributed by atoms with Crippen molar-refractivity contribution in [1.82, 2.24) is 10.3 Å². The lowest BCUT2D eigenvalue weighted by atomic mass is 10.1. The molecule has 2 N–H and O–H groups in total. The number of nitrogens with one attached hydrogen (secondary N) is 2. The van der Waals surface area contributed by atoms with Gasteiger partial charge in [0.15, 0.2) is 5.75 Å². The quantitative estimate of drug-likeness (QED) is 0.672. The Kier molecular flexibility index (Phi) is 4.47. The number of anilines is 2. The standard InChI is InChI=1S/C22H21F2N3O2/c23-22(24)12-14-2-1-3-19(21(14)29-22)27-20-11-16-10-18(5-4-15(16)13-26-20)28-17-6-8-25-9-7-17/h1-5,10-11,13,17,25H,6-9,12H2,(H,26,27). The normalized spacial score (nSPS) is 18.3. The van der Waals surface area contributed by atoms with E-state index in [9.17, 15) is 8.78 Å². The molecule has 0 bridgehead atoms. The Morgan fingerprint density at radius 2 is 1.97 bits per heavy atom. The van der Waals surface area contributed by atoms with Gasteiger partial charge in [-0.2, -0.15) is 8.78 Å². The lowest BCUT2D eigenvalue weighted by Crippen LogP contribution is -2.34. The summed E-state index contributed by atoms with van der Waals surface area (Å²) in [5, 5.41) is 8.39. The minimum Gasteiger partial charge on any atom is -0.490 e. The third kappa shape index (κ3) is 3.82. The number of pyridine rings is 1. The van der Waals surface area contributed by atoms with Crippen molar-refractivity contribution in [1.29, 1.82) is 0 Å². The fourth-order valence-electron chi connectivity index (χ4n) is 3.85. The maximum absolute atomic E-state index is 13.6. The molecule has 0 aliphatic carbocycles. The van der Waals surface area contributed by atoms with Crippen LogP contribution in [0, 0.1) is 0 Å². The number of para-hydroxylation sites is 1. The SMILES string of the molecule is FC1(F)Cc2cccc(Nc3cc4cc(OC5CCNCC5)ccc4cn3)c2O1. The molecule has 0 spiro atoms. The van der Waals surface area contributed by atoms with E-state index in [0.717, 1.165) is 42.5 Å². The molecule has 0 unspecified atom stereocenters. The Morgan fingerprint density at radius 3 is 2.83 bits per heavy atom. The van der Waals surface area contributed by atoms with Crippen molar-refractivity contribution in [3.8, 4) is 11.5 Å². The zero-order chi connectivity index (χ0) is 19.8. The predicted octanol–water partition coefficient (Wildman–Crippen LogP) is 4.64. The van der Waals surface area contributed by atoms with Gasteiger partial charge >= 0.3 is 6.11 Å². The summed E-state index contributed by atoms with van der Waals surface area (Å²) in [7, 11) is 0. The molecule has 1 aromatic heterocycles. The molecule has 2 aliphatic heterocycles. The van der Waals surface area contributed by atoms with Crippen molar-refractivity contribution < 1.29 is 18.3 Å². The maximum atomic E-state index is 13.6. The van der Waals surface area contributed by atoms with Crippen LogP contribution in [0.25, 0.3) is 10.8 Å². The van der Waals surface area contributed by atoms with Crippen molar-refractivity contribution in [3.05, 3.63) is 54.2 Å². The molecule has 7 heteroatoms. The number of nitrogens with zero attached hydrogens (tertiary/aromatic N) is 1. The highest BCUT2D eigenvalue weighted by atomic mass is 19.3. The van der Waals surface area contributed by atoms with Crippen LogP contribution in [0.15, 0.2) is 48.7 Å². The Morgan fingerprint density at radius 1 is 1.10 bits per heavy atom. The van der Waals surface area contributed by atoms with Crippen LogP contribution < -0.4 is 20.1 Å². The number of alkyl halides is 2. The van der Waals surface area contributed by atoms with Gasteiger partial charge in [0.05, 0.1) is 12.1 Å². The van der Waals surface area contributed by atoms with Gasteiger partial charge in [-0.05, 0) is 61.6 Å². The lowest BCUT2D eigenvalue weighted by molar-refractivity contribution is -0.158. The predicted molar refractivity (Wildman–Crippen MR) is 107 cm³/mol. The second-order valence-corrected chi connectivity index (χ2v) is 7.48. The minimum absolute atomic E-state index is 0.183. The van der Waals surface area contributed by atoms with Gasteiger partial charge in [-0.25, -0.2) is 4.98 Å². The number of halogens is 2. The highest BCUT2D eigenvalue weighted by Crippen LogP contribution is 2.43. The molecule has 0 saturated carbocycles. The average Bonchev–Trinajstić information content (AvgIpc) is 3.03. The summed E-state index contributed by atoms with van der Waals surface area (Å²) in [4.78, 5) is 4.41. The van der Waals surface area contributed by atoms with E-state index in [-0.39, 0.29) is 11.9 Å². The molecule has 1 saturated heterocycles. The van der Waals surface area contributed by atoms with Crippen molar-refractivity contribution >= 4 is 22.3 Å². The average molecular weight is 397 g/mol. The first-order chi connectivity index (χ1) is 14.1. The first kappa shape index (κ1) is 18.1. The van der Waals surface area contributed by atoms with Crippen LogP contribution in [0.2, 0.25) is 0 Å². The molecule has 2 aliphatic rings. The molecule has 0 radical (unpaired) electrons. The van der Waals surface area contributed by atoms with E-state index >= 15 is 0 Å². The van der Waals surface area contributed by atoms with Crippen LogP contribution in [0.5, 0.6) is 11.5 Å². The molecule has 29 heavy (non-hydrogen) atoms. The lowest BCUT2D eigenvalue weighted by Gasteiger charge is -2.24. The fraction of sp³-hybridized carbons (Fsp3) is 0.318. The number of fused-ring (bicyclic) bond motifs is 2. The van der Waals surface area contributed by atoms with Gasteiger partial charge in [-0.1, -0.05) is 12.1 Å². The van der Waals surface area contributed by atoms with E-state index in [1.807, 2.05) is 24.3 Å². The molecule has 5 nitrogen and oxygen atoms in total. The molecule has 150 valence electrons. The molecule has 3 heterocycles. The van der Waals surface area contributed by atoms with Crippen molar-refractivity contribution in [3.63, 3.8) is 0 Å². The van der Waals surface area contributed by atoms with Crippen LogP contribution in [0.3, 0.4) is 0 Å². The van der Waals surface area contributed by atoms with E-state index in [0.29, 0.717) is 17.1 Å². The number of benzene rings is 2. The summed E-state index contributed by atoms with van der Waals surface area (Å²) in [6.45, 7) is 1.94. The summed E-state index contributed by atoms with van der Waals surface area (Å²) in [5.74, 6) is 1.57. The topological polar surface area (TPSA) is 55.4 Å². The van der Waals surface area contributed by atoms with E-state index in [4.69, 9.17) is 9.47 Å². The molecular weight excluding hydrogens is 376 g/mol. The maximum Gasteiger partial charge on any atom is 0.402 e. The molecule has 0 atom stereocenters. The molecule has 1 fully saturated rings. The molecule has 2 aromatic carbocycles. The fourth-order valence-corrected chi connectivity index (χ4v) is 3.85. The Bertz CT molecular complexity index is 1050. The monoisotopic (exact) mass is 397 g/mol. The smallest absolute Gasteiger partial charge is 0.402 e. The summed E-state index contributed by atoms with van der Waals surface area (Å²) < 4.78 is 38.2. The first-order valence-electron chi connectivity index (χ1n) is 9.79. The van der Waals surface area contributed by atoms with Crippen LogP contribution in [0.4, 0.5) is 20.3 Å². The van der Waals surface area contributed by atoms with Gasteiger partial charge in [0.1, 0.15) is 17.7 Å². The number of hydrogen-bond donors (Lipinski definition) is 2. The molecule has 3 aromatic rings. The Balaban J connectivity index is 1.39. The molecule has 0 amide bonds. The van der Waals surface area contributed by atoms with Crippen molar-refractivity contribution in [2.24, 2.45) is 0 Å². The van der Waals surface area contributed by atoms with Gasteiger partial charge in [-0.15, -0.1) is 0 Å². The van der Waals surface area contributed by atoms with Gasteiger partial charge in [-0.3, -0.25) is 0 Å². The summed E-state index contributed by atoms with van der Waals surface area (Å²) in [6, 6.07) is 12.9. The highest BCUT2D eigenvalue weighted by molar-refractivity contribution is 5.86. The van der Waals surface area contributed by atoms with Gasteiger partial charge in [0.25, 0.3) is 0 Å². The van der Waals surface area contributed by atoms with E-state index in [1.165, 1.54) is 0 Å². The van der Waals surface area contributed by atoms with Gasteiger partial charge < -0.3 is 20.1 Å². The van der Waals surface area contributed by atoms with E-state index in [2.05, 4.69) is 15.6 Å². The number of aromatic nitrogens is 1. The number of hydrogen-bond acceptors (Lipinski definition) is 5. The first-order valence-corrected chi connectivity index (χ1v) is 9.79. The minimum atomic E-state index is -3.17. The summed E-state index contributed by atoms with van der Waals surface area (Å²) in [6.07, 6.45) is 0.373. The summed E-state index contributed by atoms with van der Waals surface area (Å²) >= 11 is 0. The van der Waals surface area contributed by atoms with E-state index < -0.39 is 12.5 Å². The highest BCUT2D eigenvalue weighted by Gasteiger charge is 2.41. The number of rotatable bonds is 4. The van der Waals surface area contributed by atoms with Crippen LogP contribution >= 0.6 is 0 Å².